The van der Waals surface area contributed by atoms with E-state index in [1.165, 1.54) is 0 Å². The first-order chi connectivity index (χ1) is 8.72. The van der Waals surface area contributed by atoms with Crippen molar-refractivity contribution in [2.45, 2.75) is 5.92 Å². The fourth-order valence-corrected chi connectivity index (χ4v) is 1.80. The molecule has 2 aromatic carbocycles. The van der Waals surface area contributed by atoms with E-state index in [4.69, 9.17) is 11.0 Å². The summed E-state index contributed by atoms with van der Waals surface area (Å²) >= 11 is 0. The van der Waals surface area contributed by atoms with Crippen LogP contribution >= 0.6 is 0 Å². The molecule has 88 valence electrons. The van der Waals surface area contributed by atoms with E-state index in [-0.39, 0.29) is 0 Å². The number of nitrogens with two attached hydrogens (primary N) is 1. The lowest BCUT2D eigenvalue weighted by Gasteiger charge is -2.06. The minimum Gasteiger partial charge on any atom is -0.368 e. The molecule has 18 heavy (non-hydrogen) atoms. The third kappa shape index (κ3) is 2.38. The van der Waals surface area contributed by atoms with E-state index in [0.717, 1.165) is 11.1 Å². The molecule has 0 radical (unpaired) electrons. The largest absolute Gasteiger partial charge is 0.368 e. The summed E-state index contributed by atoms with van der Waals surface area (Å²) in [5.41, 5.74) is 7.93. The first-order valence-corrected chi connectivity index (χ1v) is 5.56. The second-order valence-corrected chi connectivity index (χ2v) is 3.95. The third-order valence-electron chi connectivity index (χ3n) is 2.76. The molecule has 3 nitrogen and oxygen atoms in total. The topological polar surface area (TPSA) is 66.9 Å². The SMILES string of the molecule is N#CC(C(N)=O)c1ccc(-c2ccccc2)cc1. The van der Waals surface area contributed by atoms with Gasteiger partial charge in [-0.25, -0.2) is 0 Å². The Kier molecular flexibility index (Phi) is 3.40. The fourth-order valence-electron chi connectivity index (χ4n) is 1.80. The maximum atomic E-state index is 11.1. The Morgan fingerprint density at radius 2 is 1.56 bits per heavy atom. The summed E-state index contributed by atoms with van der Waals surface area (Å²) in [6.45, 7) is 0. The number of carbonyl (C=O) groups excluding carboxylic acids is 1. The van der Waals surface area contributed by atoms with Gasteiger partial charge in [0.05, 0.1) is 6.07 Å². The third-order valence-corrected chi connectivity index (χ3v) is 2.76. The normalized spacial score (nSPS) is 11.5. The van der Waals surface area contributed by atoms with Gasteiger partial charge in [0.2, 0.25) is 5.91 Å². The molecule has 0 spiro atoms. The Hall–Kier alpha value is -2.60. The maximum absolute atomic E-state index is 11.1. The predicted molar refractivity (Wildman–Crippen MR) is 69.4 cm³/mol. The van der Waals surface area contributed by atoms with Crippen molar-refractivity contribution in [3.05, 3.63) is 60.2 Å². The molecule has 2 rings (SSSR count). The van der Waals surface area contributed by atoms with E-state index in [1.807, 2.05) is 48.5 Å². The van der Waals surface area contributed by atoms with Gasteiger partial charge < -0.3 is 5.73 Å². The van der Waals surface area contributed by atoms with E-state index in [0.29, 0.717) is 5.56 Å². The van der Waals surface area contributed by atoms with E-state index in [1.54, 1.807) is 12.1 Å². The molecule has 0 aromatic heterocycles. The Labute approximate surface area is 105 Å². The van der Waals surface area contributed by atoms with Crippen molar-refractivity contribution in [1.29, 1.82) is 5.26 Å². The minimum absolute atomic E-state index is 0.620. The van der Waals surface area contributed by atoms with Gasteiger partial charge in [0.1, 0.15) is 5.92 Å². The van der Waals surface area contributed by atoms with Gasteiger partial charge in [-0.1, -0.05) is 54.6 Å². The van der Waals surface area contributed by atoms with E-state index >= 15 is 0 Å². The highest BCUT2D eigenvalue weighted by molar-refractivity contribution is 5.85. The molecule has 0 aliphatic heterocycles. The van der Waals surface area contributed by atoms with Gasteiger partial charge in [0.15, 0.2) is 0 Å². The first kappa shape index (κ1) is 11.9. The van der Waals surface area contributed by atoms with Crippen LogP contribution in [0.5, 0.6) is 0 Å². The average molecular weight is 236 g/mol. The molecular formula is C15H12N2O. The van der Waals surface area contributed by atoms with Gasteiger partial charge in [0.25, 0.3) is 0 Å². The molecule has 1 amide bonds. The summed E-state index contributed by atoms with van der Waals surface area (Å²) in [6.07, 6.45) is 0. The summed E-state index contributed by atoms with van der Waals surface area (Å²) in [5, 5.41) is 8.89. The number of amides is 1. The molecule has 3 heteroatoms. The second kappa shape index (κ2) is 5.15. The van der Waals surface area contributed by atoms with Gasteiger partial charge in [0, 0.05) is 0 Å². The van der Waals surface area contributed by atoms with Gasteiger partial charge >= 0.3 is 0 Å². The Morgan fingerprint density at radius 1 is 1.00 bits per heavy atom. The summed E-state index contributed by atoms with van der Waals surface area (Å²) in [6, 6.07) is 19.1. The van der Waals surface area contributed by atoms with Gasteiger partial charge in [-0.15, -0.1) is 0 Å². The molecule has 0 saturated carbocycles. The number of hydrogen-bond acceptors (Lipinski definition) is 2. The highest BCUT2D eigenvalue weighted by Gasteiger charge is 2.16. The summed E-state index contributed by atoms with van der Waals surface area (Å²) in [4.78, 5) is 11.1. The second-order valence-electron chi connectivity index (χ2n) is 3.95. The zero-order valence-electron chi connectivity index (χ0n) is 9.71. The lowest BCUT2D eigenvalue weighted by Crippen LogP contribution is -2.19. The number of rotatable bonds is 3. The van der Waals surface area contributed by atoms with Crippen LogP contribution in [-0.2, 0) is 4.79 Å². The minimum atomic E-state index is -0.880. The molecule has 2 aromatic rings. The summed E-state index contributed by atoms with van der Waals surface area (Å²) in [5.74, 6) is -1.50. The Morgan fingerprint density at radius 3 is 2.06 bits per heavy atom. The van der Waals surface area contributed by atoms with Crippen molar-refractivity contribution in [3.63, 3.8) is 0 Å². The van der Waals surface area contributed by atoms with Crippen molar-refractivity contribution in [2.75, 3.05) is 0 Å². The van der Waals surface area contributed by atoms with E-state index in [9.17, 15) is 4.79 Å². The van der Waals surface area contributed by atoms with Crippen LogP contribution in [0.3, 0.4) is 0 Å². The fraction of sp³-hybridized carbons (Fsp3) is 0.0667. The Bertz CT molecular complexity index is 582. The highest BCUT2D eigenvalue weighted by atomic mass is 16.1. The van der Waals surface area contributed by atoms with Gasteiger partial charge in [-0.3, -0.25) is 4.79 Å². The standard InChI is InChI=1S/C15H12N2O/c16-10-14(15(17)18)13-8-6-12(7-9-13)11-4-2-1-3-5-11/h1-9,14H,(H2,17,18). The molecule has 1 atom stereocenters. The summed E-state index contributed by atoms with van der Waals surface area (Å²) in [7, 11) is 0. The van der Waals surface area contributed by atoms with Gasteiger partial charge in [-0.05, 0) is 16.7 Å². The van der Waals surface area contributed by atoms with Crippen LogP contribution in [0.4, 0.5) is 0 Å². The van der Waals surface area contributed by atoms with Crippen LogP contribution in [0, 0.1) is 11.3 Å². The molecule has 0 heterocycles. The molecular weight excluding hydrogens is 224 g/mol. The predicted octanol–water partition coefficient (Wildman–Crippen LogP) is 2.45. The van der Waals surface area contributed by atoms with Crippen LogP contribution in [0.2, 0.25) is 0 Å². The smallest absolute Gasteiger partial charge is 0.239 e. The van der Waals surface area contributed by atoms with E-state index in [2.05, 4.69) is 0 Å². The molecule has 0 aliphatic carbocycles. The van der Waals surface area contributed by atoms with Crippen LogP contribution in [0.1, 0.15) is 11.5 Å². The molecule has 0 bridgehead atoms. The zero-order chi connectivity index (χ0) is 13.0. The molecule has 0 fully saturated rings. The quantitative estimate of drug-likeness (QED) is 0.889. The first-order valence-electron chi connectivity index (χ1n) is 5.56. The van der Waals surface area contributed by atoms with Crippen molar-refractivity contribution in [2.24, 2.45) is 5.73 Å². The number of carbonyl (C=O) groups is 1. The van der Waals surface area contributed by atoms with Crippen molar-refractivity contribution >= 4 is 5.91 Å². The zero-order valence-corrected chi connectivity index (χ0v) is 9.71. The van der Waals surface area contributed by atoms with Crippen LogP contribution < -0.4 is 5.73 Å². The van der Waals surface area contributed by atoms with E-state index < -0.39 is 11.8 Å². The van der Waals surface area contributed by atoms with Crippen LogP contribution in [-0.4, -0.2) is 5.91 Å². The molecule has 0 saturated heterocycles. The molecule has 1 unspecified atom stereocenters. The lowest BCUT2D eigenvalue weighted by atomic mass is 9.97. The number of primary amides is 1. The van der Waals surface area contributed by atoms with Gasteiger partial charge in [-0.2, -0.15) is 5.26 Å². The van der Waals surface area contributed by atoms with Crippen molar-refractivity contribution < 1.29 is 4.79 Å². The number of nitrogens with zero attached hydrogens (tertiary/aromatic N) is 1. The van der Waals surface area contributed by atoms with Crippen LogP contribution in [0.25, 0.3) is 11.1 Å². The average Bonchev–Trinajstić information content (AvgIpc) is 2.41. The number of benzene rings is 2. The Balaban J connectivity index is 2.32. The summed E-state index contributed by atoms with van der Waals surface area (Å²) < 4.78 is 0. The maximum Gasteiger partial charge on any atom is 0.239 e. The molecule has 2 N–H and O–H groups in total. The van der Waals surface area contributed by atoms with Crippen molar-refractivity contribution in [1.82, 2.24) is 0 Å². The number of nitriles is 1. The lowest BCUT2D eigenvalue weighted by molar-refractivity contribution is -0.118. The monoisotopic (exact) mass is 236 g/mol. The van der Waals surface area contributed by atoms with Crippen molar-refractivity contribution in [3.8, 4) is 17.2 Å². The number of hydrogen-bond donors (Lipinski definition) is 1. The van der Waals surface area contributed by atoms with Crippen LogP contribution in [0.15, 0.2) is 54.6 Å². The highest BCUT2D eigenvalue weighted by Crippen LogP contribution is 2.22. The molecule has 0 aliphatic rings.